The third-order valence-electron chi connectivity index (χ3n) is 5.20. The van der Waals surface area contributed by atoms with Crippen molar-refractivity contribution in [3.05, 3.63) is 65.2 Å². The molecule has 6 nitrogen and oxygen atoms in total. The summed E-state index contributed by atoms with van der Waals surface area (Å²) >= 11 is 0. The Morgan fingerprint density at radius 2 is 1.63 bits per heavy atom. The van der Waals surface area contributed by atoms with Gasteiger partial charge in [0.2, 0.25) is 0 Å². The molecule has 0 radical (unpaired) electrons. The molecule has 30 heavy (non-hydrogen) atoms. The van der Waals surface area contributed by atoms with Gasteiger partial charge in [-0.25, -0.2) is 4.79 Å². The molecule has 160 valence electrons. The summed E-state index contributed by atoms with van der Waals surface area (Å²) < 4.78 is 10.7. The van der Waals surface area contributed by atoms with Crippen LogP contribution in [0.5, 0.6) is 0 Å². The van der Waals surface area contributed by atoms with Gasteiger partial charge >= 0.3 is 5.97 Å². The number of rotatable bonds is 7. The van der Waals surface area contributed by atoms with Crippen molar-refractivity contribution in [2.45, 2.75) is 39.3 Å². The van der Waals surface area contributed by atoms with Crippen molar-refractivity contribution in [2.24, 2.45) is 0 Å². The Bertz CT molecular complexity index is 841. The largest absolute Gasteiger partial charge is 0.449 e. The molecule has 0 unspecified atom stereocenters. The summed E-state index contributed by atoms with van der Waals surface area (Å²) in [6, 6.07) is 15.0. The van der Waals surface area contributed by atoms with Crippen LogP contribution in [-0.4, -0.2) is 49.2 Å². The third kappa shape index (κ3) is 6.15. The number of morpholine rings is 1. The fourth-order valence-corrected chi connectivity index (χ4v) is 3.24. The molecule has 1 heterocycles. The summed E-state index contributed by atoms with van der Waals surface area (Å²) in [7, 11) is 0. The normalized spacial score (nSPS) is 15.6. The first-order valence-corrected chi connectivity index (χ1v) is 10.4. The molecule has 0 saturated carbocycles. The van der Waals surface area contributed by atoms with Gasteiger partial charge in [0.15, 0.2) is 6.10 Å². The van der Waals surface area contributed by atoms with Crippen LogP contribution in [-0.2, 0) is 20.8 Å². The second-order valence-corrected chi connectivity index (χ2v) is 7.90. The molecule has 3 rings (SSSR count). The standard InChI is InChI=1S/C24H30N2O4/c1-17(2)20-8-10-22(11-9-20)25-23(27)18(3)30-24(28)21-6-4-19(5-7-21)16-26-12-14-29-15-13-26/h4-11,17-18H,12-16H2,1-3H3,(H,25,27)/t18-/m1/s1. The average Bonchev–Trinajstić information content (AvgIpc) is 2.75. The summed E-state index contributed by atoms with van der Waals surface area (Å²) in [5.74, 6) is -0.440. The van der Waals surface area contributed by atoms with E-state index < -0.39 is 12.1 Å². The Morgan fingerprint density at radius 3 is 2.23 bits per heavy atom. The van der Waals surface area contributed by atoms with E-state index in [0.717, 1.165) is 38.4 Å². The van der Waals surface area contributed by atoms with E-state index >= 15 is 0 Å². The van der Waals surface area contributed by atoms with Gasteiger partial charge in [0.25, 0.3) is 5.91 Å². The monoisotopic (exact) mass is 410 g/mol. The first-order valence-electron chi connectivity index (χ1n) is 10.4. The van der Waals surface area contributed by atoms with E-state index in [1.54, 1.807) is 19.1 Å². The maximum absolute atomic E-state index is 12.4. The first kappa shape index (κ1) is 22.0. The van der Waals surface area contributed by atoms with Gasteiger partial charge in [0, 0.05) is 25.3 Å². The molecular formula is C24H30N2O4. The highest BCUT2D eigenvalue weighted by Crippen LogP contribution is 2.17. The van der Waals surface area contributed by atoms with Crippen LogP contribution >= 0.6 is 0 Å². The minimum atomic E-state index is -0.893. The molecule has 0 aliphatic carbocycles. The fraction of sp³-hybridized carbons (Fsp3) is 0.417. The Balaban J connectivity index is 1.50. The van der Waals surface area contributed by atoms with Gasteiger partial charge in [-0.3, -0.25) is 9.69 Å². The van der Waals surface area contributed by atoms with Crippen molar-refractivity contribution in [3.8, 4) is 0 Å². The molecule has 2 aromatic carbocycles. The van der Waals surface area contributed by atoms with Crippen LogP contribution in [0.3, 0.4) is 0 Å². The number of hydrogen-bond acceptors (Lipinski definition) is 5. The van der Waals surface area contributed by atoms with E-state index in [9.17, 15) is 9.59 Å². The lowest BCUT2D eigenvalue weighted by molar-refractivity contribution is -0.123. The van der Waals surface area contributed by atoms with Gasteiger partial charge in [-0.2, -0.15) is 0 Å². The van der Waals surface area contributed by atoms with Gasteiger partial charge in [0.1, 0.15) is 0 Å². The summed E-state index contributed by atoms with van der Waals surface area (Å²) in [6.45, 7) is 9.97. The van der Waals surface area contributed by atoms with Crippen molar-refractivity contribution in [3.63, 3.8) is 0 Å². The second kappa shape index (κ2) is 10.4. The van der Waals surface area contributed by atoms with E-state index in [0.29, 0.717) is 17.2 Å². The SMILES string of the molecule is CC(C)c1ccc(NC(=O)[C@@H](C)OC(=O)c2ccc(CN3CCOCC3)cc2)cc1. The zero-order valence-corrected chi connectivity index (χ0v) is 17.9. The summed E-state index contributed by atoms with van der Waals surface area (Å²) in [5, 5.41) is 2.79. The fourth-order valence-electron chi connectivity index (χ4n) is 3.24. The predicted molar refractivity (Wildman–Crippen MR) is 117 cm³/mol. The molecule has 1 amide bonds. The summed E-state index contributed by atoms with van der Waals surface area (Å²) in [6.07, 6.45) is -0.893. The van der Waals surface area contributed by atoms with Crippen LogP contribution in [0.1, 0.15) is 48.2 Å². The number of benzene rings is 2. The smallest absolute Gasteiger partial charge is 0.338 e. The average molecular weight is 411 g/mol. The Kier molecular flexibility index (Phi) is 7.60. The second-order valence-electron chi connectivity index (χ2n) is 7.90. The molecule has 0 bridgehead atoms. The Labute approximate surface area is 178 Å². The molecule has 1 atom stereocenters. The highest BCUT2D eigenvalue weighted by molar-refractivity contribution is 5.97. The predicted octanol–water partition coefficient (Wildman–Crippen LogP) is 3.83. The van der Waals surface area contributed by atoms with Gasteiger partial charge < -0.3 is 14.8 Å². The minimum absolute atomic E-state index is 0.357. The molecule has 1 aliphatic heterocycles. The zero-order chi connectivity index (χ0) is 21.5. The van der Waals surface area contributed by atoms with Crippen LogP contribution in [0.2, 0.25) is 0 Å². The van der Waals surface area contributed by atoms with Crippen molar-refractivity contribution in [1.29, 1.82) is 0 Å². The molecule has 1 saturated heterocycles. The zero-order valence-electron chi connectivity index (χ0n) is 17.9. The maximum Gasteiger partial charge on any atom is 0.338 e. The van der Waals surface area contributed by atoms with E-state index in [-0.39, 0.29) is 5.91 Å². The van der Waals surface area contributed by atoms with Gasteiger partial charge in [-0.15, -0.1) is 0 Å². The number of nitrogens with zero attached hydrogens (tertiary/aromatic N) is 1. The van der Waals surface area contributed by atoms with Crippen LogP contribution < -0.4 is 5.32 Å². The number of carbonyl (C=O) groups is 2. The van der Waals surface area contributed by atoms with Crippen molar-refractivity contribution in [1.82, 2.24) is 4.90 Å². The van der Waals surface area contributed by atoms with E-state index in [1.807, 2.05) is 36.4 Å². The summed E-state index contributed by atoms with van der Waals surface area (Å²) in [5.41, 5.74) is 3.44. The molecule has 0 spiro atoms. The van der Waals surface area contributed by atoms with Gasteiger partial charge in [-0.05, 0) is 48.2 Å². The molecule has 1 aliphatic rings. The molecule has 0 aromatic heterocycles. The number of hydrogen-bond donors (Lipinski definition) is 1. The number of ether oxygens (including phenoxy) is 2. The molecule has 1 N–H and O–H groups in total. The number of amides is 1. The van der Waals surface area contributed by atoms with Crippen LogP contribution in [0.15, 0.2) is 48.5 Å². The van der Waals surface area contributed by atoms with Gasteiger partial charge in [0.05, 0.1) is 18.8 Å². The van der Waals surface area contributed by atoms with Crippen molar-refractivity contribution in [2.75, 3.05) is 31.6 Å². The summed E-state index contributed by atoms with van der Waals surface area (Å²) in [4.78, 5) is 27.1. The lowest BCUT2D eigenvalue weighted by Gasteiger charge is -2.26. The van der Waals surface area contributed by atoms with Crippen molar-refractivity contribution >= 4 is 17.6 Å². The van der Waals surface area contributed by atoms with E-state index in [2.05, 4.69) is 24.1 Å². The van der Waals surface area contributed by atoms with Crippen LogP contribution in [0, 0.1) is 0 Å². The van der Waals surface area contributed by atoms with E-state index in [1.165, 1.54) is 5.56 Å². The third-order valence-corrected chi connectivity index (χ3v) is 5.20. The quantitative estimate of drug-likeness (QED) is 0.703. The number of esters is 1. The molecule has 1 fully saturated rings. The number of carbonyl (C=O) groups excluding carboxylic acids is 2. The number of anilines is 1. The van der Waals surface area contributed by atoms with E-state index in [4.69, 9.17) is 9.47 Å². The number of nitrogens with one attached hydrogen (secondary N) is 1. The van der Waals surface area contributed by atoms with Crippen molar-refractivity contribution < 1.29 is 19.1 Å². The molecular weight excluding hydrogens is 380 g/mol. The highest BCUT2D eigenvalue weighted by Gasteiger charge is 2.19. The van der Waals surface area contributed by atoms with Crippen LogP contribution in [0.25, 0.3) is 0 Å². The lowest BCUT2D eigenvalue weighted by atomic mass is 10.0. The first-order chi connectivity index (χ1) is 14.4. The topological polar surface area (TPSA) is 67.9 Å². The lowest BCUT2D eigenvalue weighted by Crippen LogP contribution is -2.35. The van der Waals surface area contributed by atoms with Gasteiger partial charge in [-0.1, -0.05) is 38.1 Å². The molecule has 2 aromatic rings. The molecule has 6 heteroatoms. The van der Waals surface area contributed by atoms with Crippen LogP contribution in [0.4, 0.5) is 5.69 Å². The minimum Gasteiger partial charge on any atom is -0.449 e. The Morgan fingerprint density at radius 1 is 1.00 bits per heavy atom. The Hall–Kier alpha value is -2.70. The highest BCUT2D eigenvalue weighted by atomic mass is 16.5. The maximum atomic E-state index is 12.4.